The molecular weight excluding hydrogens is 564 g/mol. The summed E-state index contributed by atoms with van der Waals surface area (Å²) < 4.78 is 18.5. The van der Waals surface area contributed by atoms with Gasteiger partial charge in [-0.15, -0.1) is 0 Å². The second-order valence-corrected chi connectivity index (χ2v) is 11.0. The van der Waals surface area contributed by atoms with Gasteiger partial charge < -0.3 is 13.9 Å². The van der Waals surface area contributed by atoms with E-state index >= 15 is 0 Å². The van der Waals surface area contributed by atoms with Gasteiger partial charge in [0.2, 0.25) is 0 Å². The number of ether oxygens (including phenoxy) is 2. The van der Waals surface area contributed by atoms with Crippen LogP contribution in [0.15, 0.2) is 86.1 Å². The van der Waals surface area contributed by atoms with Gasteiger partial charge in [0.25, 0.3) is 5.56 Å². The highest BCUT2D eigenvalue weighted by Gasteiger charge is 2.33. The topological polar surface area (TPSA) is 100 Å². The zero-order valence-corrected chi connectivity index (χ0v) is 24.4. The number of hydrogen-bond donors (Lipinski definition) is 0. The van der Waals surface area contributed by atoms with Crippen LogP contribution in [0.25, 0.3) is 17.4 Å². The van der Waals surface area contributed by atoms with E-state index in [0.29, 0.717) is 54.9 Å². The molecule has 1 aliphatic rings. The number of benzene rings is 2. The number of furan rings is 1. The van der Waals surface area contributed by atoms with E-state index in [0.717, 1.165) is 5.56 Å². The van der Waals surface area contributed by atoms with Gasteiger partial charge in [0.1, 0.15) is 11.5 Å². The molecule has 41 heavy (non-hydrogen) atoms. The Bertz CT molecular complexity index is 1830. The Kier molecular flexibility index (Phi) is 8.10. The number of hydrogen-bond acceptors (Lipinski definition) is 8. The van der Waals surface area contributed by atoms with Crippen molar-refractivity contribution >= 4 is 41.0 Å². The quantitative estimate of drug-likeness (QED) is 0.272. The van der Waals surface area contributed by atoms with Crippen LogP contribution >= 0.6 is 22.9 Å². The van der Waals surface area contributed by atoms with Gasteiger partial charge in [-0.25, -0.2) is 14.6 Å². The lowest BCUT2D eigenvalue weighted by Gasteiger charge is -2.25. The number of halogens is 1. The molecule has 0 spiro atoms. The van der Waals surface area contributed by atoms with Crippen molar-refractivity contribution in [2.75, 3.05) is 6.61 Å². The molecule has 4 aromatic rings. The summed E-state index contributed by atoms with van der Waals surface area (Å²) in [6, 6.07) is 16.7. The standard InChI is InChI=1S/C31H27ClN2O6S/c1-5-38-29(36)21-8-6-19(7-9-21)24-15-14-23(40-24)16-25-28(35)34-27(20-10-12-22(32)13-11-20)26(30(37)39-17(2)3)18(4)33-31(34)41-25/h6-17,27H,5H2,1-4H3. The molecule has 0 N–H and O–H groups in total. The SMILES string of the molecule is CCOC(=O)c1ccc(-c2ccc(C=c3sc4n(c3=O)C(c3ccc(Cl)cc3)C(C(=O)OC(C)C)=C(C)N=4)o2)cc1. The van der Waals surface area contributed by atoms with Gasteiger partial charge in [-0.05, 0) is 69.7 Å². The second kappa shape index (κ2) is 11.7. The summed E-state index contributed by atoms with van der Waals surface area (Å²) in [6.45, 7) is 7.34. The van der Waals surface area contributed by atoms with Crippen LogP contribution in [0.4, 0.5) is 0 Å². The third kappa shape index (κ3) is 5.82. The monoisotopic (exact) mass is 590 g/mol. The second-order valence-electron chi connectivity index (χ2n) is 9.59. The van der Waals surface area contributed by atoms with Crippen LogP contribution in [0.1, 0.15) is 55.4 Å². The Morgan fingerprint density at radius 3 is 2.44 bits per heavy atom. The van der Waals surface area contributed by atoms with E-state index in [1.165, 1.54) is 15.9 Å². The van der Waals surface area contributed by atoms with Gasteiger partial charge in [0, 0.05) is 16.7 Å². The lowest BCUT2D eigenvalue weighted by molar-refractivity contribution is -0.143. The van der Waals surface area contributed by atoms with Gasteiger partial charge in [-0.2, -0.15) is 0 Å². The Morgan fingerprint density at radius 1 is 1.07 bits per heavy atom. The van der Waals surface area contributed by atoms with Gasteiger partial charge in [0.15, 0.2) is 4.80 Å². The van der Waals surface area contributed by atoms with Crippen molar-refractivity contribution in [3.05, 3.63) is 114 Å². The molecule has 2 aromatic heterocycles. The Balaban J connectivity index is 1.54. The van der Waals surface area contributed by atoms with Crippen LogP contribution in [0.5, 0.6) is 0 Å². The minimum atomic E-state index is -0.734. The summed E-state index contributed by atoms with van der Waals surface area (Å²) >= 11 is 7.34. The maximum Gasteiger partial charge on any atom is 0.338 e. The van der Waals surface area contributed by atoms with Crippen molar-refractivity contribution < 1.29 is 23.5 Å². The third-order valence-electron chi connectivity index (χ3n) is 6.35. The lowest BCUT2D eigenvalue weighted by Crippen LogP contribution is -2.40. The van der Waals surface area contributed by atoms with Crippen molar-refractivity contribution in [1.29, 1.82) is 0 Å². The Hall–Kier alpha value is -4.21. The fourth-order valence-electron chi connectivity index (χ4n) is 4.52. The summed E-state index contributed by atoms with van der Waals surface area (Å²) in [7, 11) is 0. The molecule has 1 aliphatic heterocycles. The van der Waals surface area contributed by atoms with Crippen molar-refractivity contribution in [3.8, 4) is 11.3 Å². The molecule has 0 saturated carbocycles. The number of allylic oxidation sites excluding steroid dienone is 1. The molecule has 210 valence electrons. The Labute approximate surface area is 244 Å². The molecule has 1 atom stereocenters. The average molecular weight is 591 g/mol. The van der Waals surface area contributed by atoms with E-state index in [4.69, 9.17) is 25.5 Å². The molecule has 0 bridgehead atoms. The molecule has 3 heterocycles. The van der Waals surface area contributed by atoms with E-state index in [9.17, 15) is 14.4 Å². The number of aromatic nitrogens is 1. The number of nitrogens with zero attached hydrogens (tertiary/aromatic N) is 2. The Morgan fingerprint density at radius 2 is 1.78 bits per heavy atom. The molecule has 0 fully saturated rings. The molecule has 0 radical (unpaired) electrons. The molecule has 1 unspecified atom stereocenters. The molecule has 10 heteroatoms. The highest BCUT2D eigenvalue weighted by molar-refractivity contribution is 7.07. The number of fused-ring (bicyclic) bond motifs is 1. The van der Waals surface area contributed by atoms with Crippen molar-refractivity contribution in [2.45, 2.75) is 39.8 Å². The molecule has 0 saturated heterocycles. The number of thiazole rings is 1. The van der Waals surface area contributed by atoms with E-state index < -0.39 is 12.0 Å². The molecule has 0 amide bonds. The molecule has 0 aliphatic carbocycles. The number of rotatable bonds is 7. The normalized spacial score (nSPS) is 15.1. The molecule has 8 nitrogen and oxygen atoms in total. The molecular formula is C31H27ClN2O6S. The van der Waals surface area contributed by atoms with Gasteiger partial charge in [-0.3, -0.25) is 9.36 Å². The minimum absolute atomic E-state index is 0.298. The molecule has 2 aromatic carbocycles. The number of esters is 2. The van der Waals surface area contributed by atoms with Crippen LogP contribution in [0.3, 0.4) is 0 Å². The minimum Gasteiger partial charge on any atom is -0.462 e. The van der Waals surface area contributed by atoms with Crippen LogP contribution in [-0.4, -0.2) is 29.2 Å². The summed E-state index contributed by atoms with van der Waals surface area (Å²) in [5, 5.41) is 0.539. The van der Waals surface area contributed by atoms with Crippen molar-refractivity contribution in [1.82, 2.24) is 4.57 Å². The highest BCUT2D eigenvalue weighted by atomic mass is 35.5. The fourth-order valence-corrected chi connectivity index (χ4v) is 5.67. The predicted molar refractivity (Wildman–Crippen MR) is 157 cm³/mol. The van der Waals surface area contributed by atoms with Crippen molar-refractivity contribution in [2.24, 2.45) is 4.99 Å². The smallest absolute Gasteiger partial charge is 0.338 e. The summed E-state index contributed by atoms with van der Waals surface area (Å²) in [6.07, 6.45) is 1.32. The van der Waals surface area contributed by atoms with Gasteiger partial charge in [-0.1, -0.05) is 47.2 Å². The predicted octanol–water partition coefficient (Wildman–Crippen LogP) is 5.28. The summed E-state index contributed by atoms with van der Waals surface area (Å²) in [4.78, 5) is 44.0. The summed E-state index contributed by atoms with van der Waals surface area (Å²) in [5.41, 5.74) is 2.39. The highest BCUT2D eigenvalue weighted by Crippen LogP contribution is 2.31. The zero-order chi connectivity index (χ0) is 29.3. The first-order valence-corrected chi connectivity index (χ1v) is 14.2. The van der Waals surface area contributed by atoms with E-state index in [1.807, 2.05) is 0 Å². The zero-order valence-electron chi connectivity index (χ0n) is 22.8. The molecule has 5 rings (SSSR count). The maximum atomic E-state index is 13.8. The first kappa shape index (κ1) is 28.3. The van der Waals surface area contributed by atoms with Crippen LogP contribution in [0.2, 0.25) is 5.02 Å². The number of carbonyl (C=O) groups excluding carboxylic acids is 2. The summed E-state index contributed by atoms with van der Waals surface area (Å²) in [5.74, 6) is 0.133. The maximum absolute atomic E-state index is 13.8. The van der Waals surface area contributed by atoms with Crippen LogP contribution < -0.4 is 14.9 Å². The van der Waals surface area contributed by atoms with E-state index in [1.54, 1.807) is 94.4 Å². The lowest BCUT2D eigenvalue weighted by atomic mass is 9.96. The van der Waals surface area contributed by atoms with Crippen LogP contribution in [0, 0.1) is 0 Å². The van der Waals surface area contributed by atoms with Crippen molar-refractivity contribution in [3.63, 3.8) is 0 Å². The van der Waals surface area contributed by atoms with E-state index in [2.05, 4.69) is 4.99 Å². The number of carbonyl (C=O) groups is 2. The largest absolute Gasteiger partial charge is 0.462 e. The van der Waals surface area contributed by atoms with E-state index in [-0.39, 0.29) is 17.6 Å². The fraction of sp³-hybridized carbons (Fsp3) is 0.226. The van der Waals surface area contributed by atoms with Gasteiger partial charge >= 0.3 is 11.9 Å². The first-order valence-electron chi connectivity index (χ1n) is 13.0. The average Bonchev–Trinajstić information content (AvgIpc) is 3.52. The first-order chi connectivity index (χ1) is 19.7. The van der Waals surface area contributed by atoms with Gasteiger partial charge in [0.05, 0.1) is 40.1 Å². The van der Waals surface area contributed by atoms with Crippen LogP contribution in [-0.2, 0) is 14.3 Å². The third-order valence-corrected chi connectivity index (χ3v) is 7.59.